The molecule has 1 aliphatic carbocycles. The summed E-state index contributed by atoms with van der Waals surface area (Å²) in [5, 5.41) is 1.77. The Morgan fingerprint density at radius 2 is 1.70 bits per heavy atom. The van der Waals surface area contributed by atoms with Gasteiger partial charge in [0.05, 0.1) is 0 Å². The van der Waals surface area contributed by atoms with Crippen LogP contribution in [0.4, 0.5) is 0 Å². The van der Waals surface area contributed by atoms with E-state index in [9.17, 15) is 4.79 Å². The first-order chi connectivity index (χ1) is 13.3. The number of allylic oxidation sites excluding steroid dienone is 3. The highest BCUT2D eigenvalue weighted by Gasteiger charge is 2.18. The SMILES string of the molecule is O=C(C=CC1=C(Cc2ccccc2)c2ccccc2CC1)ON1CCCC1. The summed E-state index contributed by atoms with van der Waals surface area (Å²) in [6, 6.07) is 19.1. The van der Waals surface area contributed by atoms with Crippen molar-refractivity contribution in [3.8, 4) is 0 Å². The van der Waals surface area contributed by atoms with E-state index >= 15 is 0 Å². The third-order valence-electron chi connectivity index (χ3n) is 5.32. The molecule has 0 amide bonds. The second-order valence-corrected chi connectivity index (χ2v) is 7.20. The van der Waals surface area contributed by atoms with E-state index < -0.39 is 0 Å². The molecule has 3 nitrogen and oxygen atoms in total. The number of nitrogens with zero attached hydrogens (tertiary/aromatic N) is 1. The molecule has 0 radical (unpaired) electrons. The third-order valence-corrected chi connectivity index (χ3v) is 5.32. The number of rotatable bonds is 5. The molecule has 0 aromatic heterocycles. The van der Waals surface area contributed by atoms with Crippen molar-refractivity contribution in [1.82, 2.24) is 5.06 Å². The van der Waals surface area contributed by atoms with Gasteiger partial charge in [0.2, 0.25) is 0 Å². The van der Waals surface area contributed by atoms with Gasteiger partial charge in [-0.15, -0.1) is 5.06 Å². The van der Waals surface area contributed by atoms with Crippen molar-refractivity contribution >= 4 is 11.5 Å². The van der Waals surface area contributed by atoms with Crippen molar-refractivity contribution < 1.29 is 9.63 Å². The molecule has 138 valence electrons. The van der Waals surface area contributed by atoms with Crippen LogP contribution in [-0.4, -0.2) is 24.1 Å². The average Bonchev–Trinajstić information content (AvgIpc) is 3.21. The van der Waals surface area contributed by atoms with Gasteiger partial charge in [0, 0.05) is 19.2 Å². The number of carbonyl (C=O) groups excluding carboxylic acids is 1. The van der Waals surface area contributed by atoms with Gasteiger partial charge in [-0.2, -0.15) is 0 Å². The van der Waals surface area contributed by atoms with Gasteiger partial charge in [-0.1, -0.05) is 60.7 Å². The summed E-state index contributed by atoms with van der Waals surface area (Å²) in [5.41, 5.74) is 6.53. The van der Waals surface area contributed by atoms with Gasteiger partial charge in [-0.05, 0) is 59.9 Å². The highest BCUT2D eigenvalue weighted by molar-refractivity contribution is 5.84. The Hall–Kier alpha value is -2.65. The maximum absolute atomic E-state index is 12.2. The van der Waals surface area contributed by atoms with Crippen molar-refractivity contribution in [3.63, 3.8) is 0 Å². The summed E-state index contributed by atoms with van der Waals surface area (Å²) in [7, 11) is 0. The quantitative estimate of drug-likeness (QED) is 0.722. The number of hydrogen-bond donors (Lipinski definition) is 0. The maximum atomic E-state index is 12.2. The van der Waals surface area contributed by atoms with Crippen LogP contribution < -0.4 is 0 Å². The summed E-state index contributed by atoms with van der Waals surface area (Å²) in [6.45, 7) is 1.68. The van der Waals surface area contributed by atoms with Gasteiger partial charge in [-0.25, -0.2) is 4.79 Å². The van der Waals surface area contributed by atoms with Gasteiger partial charge in [0.15, 0.2) is 0 Å². The Bertz CT molecular complexity index is 861. The topological polar surface area (TPSA) is 29.5 Å². The zero-order valence-electron chi connectivity index (χ0n) is 15.6. The number of carbonyl (C=O) groups is 1. The molecule has 0 saturated carbocycles. The predicted octanol–water partition coefficient (Wildman–Crippen LogP) is 4.74. The summed E-state index contributed by atoms with van der Waals surface area (Å²) in [5.74, 6) is -0.276. The van der Waals surface area contributed by atoms with E-state index in [1.165, 1.54) is 27.8 Å². The van der Waals surface area contributed by atoms with Crippen LogP contribution in [0.15, 0.2) is 72.3 Å². The molecule has 1 aliphatic heterocycles. The molecule has 1 heterocycles. The molecule has 0 atom stereocenters. The van der Waals surface area contributed by atoms with Crippen LogP contribution in [0.25, 0.3) is 5.57 Å². The van der Waals surface area contributed by atoms with E-state index in [0.29, 0.717) is 0 Å². The van der Waals surface area contributed by atoms with Crippen LogP contribution in [0.3, 0.4) is 0 Å². The summed E-state index contributed by atoms with van der Waals surface area (Å²) in [6.07, 6.45) is 8.58. The first-order valence-electron chi connectivity index (χ1n) is 9.79. The van der Waals surface area contributed by atoms with E-state index in [1.807, 2.05) is 12.1 Å². The second kappa shape index (κ2) is 8.36. The van der Waals surface area contributed by atoms with Crippen LogP contribution in [-0.2, 0) is 22.5 Å². The fourth-order valence-electron chi connectivity index (χ4n) is 3.92. The lowest BCUT2D eigenvalue weighted by Crippen LogP contribution is -2.22. The Kier molecular flexibility index (Phi) is 5.50. The van der Waals surface area contributed by atoms with Crippen LogP contribution in [0.5, 0.6) is 0 Å². The molecule has 1 fully saturated rings. The molecule has 4 rings (SSSR count). The smallest absolute Gasteiger partial charge is 0.349 e. The lowest BCUT2D eigenvalue weighted by molar-refractivity contribution is -0.178. The standard InChI is InChI=1S/C24H25NO2/c26-24(27-25-16-6-7-17-25)15-14-21-13-12-20-10-4-5-11-22(20)23(21)18-19-8-2-1-3-9-19/h1-5,8-11,14-15H,6-7,12-13,16-18H2. The molecular weight excluding hydrogens is 334 g/mol. The Balaban J connectivity index is 1.59. The highest BCUT2D eigenvalue weighted by Crippen LogP contribution is 2.34. The number of aryl methyl sites for hydroxylation is 1. The highest BCUT2D eigenvalue weighted by atomic mass is 16.7. The second-order valence-electron chi connectivity index (χ2n) is 7.20. The van der Waals surface area contributed by atoms with Crippen LogP contribution in [0, 0.1) is 0 Å². The lowest BCUT2D eigenvalue weighted by atomic mass is 9.82. The first kappa shape index (κ1) is 17.7. The van der Waals surface area contributed by atoms with E-state index in [0.717, 1.165) is 45.2 Å². The zero-order chi connectivity index (χ0) is 18.5. The van der Waals surface area contributed by atoms with Gasteiger partial charge >= 0.3 is 5.97 Å². The molecule has 2 aromatic rings. The Morgan fingerprint density at radius 1 is 0.963 bits per heavy atom. The number of hydrogen-bond acceptors (Lipinski definition) is 3. The molecule has 1 saturated heterocycles. The molecule has 0 unspecified atom stereocenters. The maximum Gasteiger partial charge on any atom is 0.349 e. The van der Waals surface area contributed by atoms with Crippen molar-refractivity contribution in [2.45, 2.75) is 32.1 Å². The zero-order valence-corrected chi connectivity index (χ0v) is 15.6. The molecule has 3 heteroatoms. The van der Waals surface area contributed by atoms with Crippen molar-refractivity contribution in [2.24, 2.45) is 0 Å². The third kappa shape index (κ3) is 4.37. The minimum Gasteiger partial charge on any atom is -0.364 e. The van der Waals surface area contributed by atoms with Crippen molar-refractivity contribution in [3.05, 3.63) is 89.0 Å². The molecule has 0 bridgehead atoms. The van der Waals surface area contributed by atoms with Gasteiger partial charge < -0.3 is 4.84 Å². The number of fused-ring (bicyclic) bond motifs is 1. The largest absolute Gasteiger partial charge is 0.364 e. The van der Waals surface area contributed by atoms with Crippen LogP contribution in [0.1, 0.15) is 36.0 Å². The molecular formula is C24H25NO2. The van der Waals surface area contributed by atoms with Crippen LogP contribution in [0.2, 0.25) is 0 Å². The molecule has 2 aromatic carbocycles. The summed E-state index contributed by atoms with van der Waals surface area (Å²) in [4.78, 5) is 17.6. The van der Waals surface area contributed by atoms with Gasteiger partial charge in [0.25, 0.3) is 0 Å². The average molecular weight is 359 g/mol. The van der Waals surface area contributed by atoms with E-state index in [-0.39, 0.29) is 5.97 Å². The minimum absolute atomic E-state index is 0.276. The molecule has 2 aliphatic rings. The van der Waals surface area contributed by atoms with Crippen LogP contribution >= 0.6 is 0 Å². The fourth-order valence-corrected chi connectivity index (χ4v) is 3.92. The first-order valence-corrected chi connectivity index (χ1v) is 9.79. The lowest BCUT2D eigenvalue weighted by Gasteiger charge is -2.22. The number of hydroxylamine groups is 2. The van der Waals surface area contributed by atoms with E-state index in [4.69, 9.17) is 4.84 Å². The molecule has 0 spiro atoms. The Labute approximate surface area is 160 Å². The summed E-state index contributed by atoms with van der Waals surface area (Å²) < 4.78 is 0. The minimum atomic E-state index is -0.276. The van der Waals surface area contributed by atoms with E-state index in [1.54, 1.807) is 11.1 Å². The fraction of sp³-hybridized carbons (Fsp3) is 0.292. The molecule has 27 heavy (non-hydrogen) atoms. The van der Waals surface area contributed by atoms with Gasteiger partial charge in [-0.3, -0.25) is 0 Å². The number of benzene rings is 2. The predicted molar refractivity (Wildman–Crippen MR) is 108 cm³/mol. The Morgan fingerprint density at radius 3 is 2.52 bits per heavy atom. The monoisotopic (exact) mass is 359 g/mol. The molecule has 0 N–H and O–H groups in total. The van der Waals surface area contributed by atoms with Crippen molar-refractivity contribution in [1.29, 1.82) is 0 Å². The van der Waals surface area contributed by atoms with Crippen molar-refractivity contribution in [2.75, 3.05) is 13.1 Å². The van der Waals surface area contributed by atoms with Gasteiger partial charge in [0.1, 0.15) is 0 Å². The normalized spacial score (nSPS) is 17.3. The summed E-state index contributed by atoms with van der Waals surface area (Å²) >= 11 is 0. The van der Waals surface area contributed by atoms with E-state index in [2.05, 4.69) is 48.5 Å².